The Labute approximate surface area is 80.7 Å². The van der Waals surface area contributed by atoms with Gasteiger partial charge in [-0.3, -0.25) is 0 Å². The lowest BCUT2D eigenvalue weighted by Crippen LogP contribution is -2.04. The normalized spacial score (nSPS) is 24.9. The Morgan fingerprint density at radius 2 is 2.07 bits per heavy atom. The van der Waals surface area contributed by atoms with E-state index in [9.17, 15) is 8.78 Å². The topological polar surface area (TPSA) is 35.2 Å². The van der Waals surface area contributed by atoms with Crippen molar-refractivity contribution in [2.45, 2.75) is 18.4 Å². The zero-order chi connectivity index (χ0) is 10.3. The van der Waals surface area contributed by atoms with Crippen molar-refractivity contribution >= 4 is 0 Å². The molecule has 0 saturated heterocycles. The Hall–Kier alpha value is -1.16. The van der Waals surface area contributed by atoms with Gasteiger partial charge in [-0.25, -0.2) is 4.39 Å². The van der Waals surface area contributed by atoms with Crippen molar-refractivity contribution < 1.29 is 13.5 Å². The first-order chi connectivity index (χ1) is 6.65. The number of nitrogens with two attached hydrogens (primary N) is 1. The number of benzene rings is 1. The lowest BCUT2D eigenvalue weighted by molar-refractivity contribution is 0.367. The van der Waals surface area contributed by atoms with Gasteiger partial charge in [-0.05, 0) is 12.5 Å². The van der Waals surface area contributed by atoms with Gasteiger partial charge in [0.1, 0.15) is 0 Å². The molecule has 2 unspecified atom stereocenters. The van der Waals surface area contributed by atoms with E-state index in [0.717, 1.165) is 12.5 Å². The van der Waals surface area contributed by atoms with Crippen molar-refractivity contribution in [2.75, 3.05) is 7.11 Å². The highest BCUT2D eigenvalue weighted by Crippen LogP contribution is 2.44. The molecule has 1 aromatic rings. The van der Waals surface area contributed by atoms with Gasteiger partial charge in [0.25, 0.3) is 0 Å². The Kier molecular flexibility index (Phi) is 2.15. The first-order valence-electron chi connectivity index (χ1n) is 4.42. The van der Waals surface area contributed by atoms with E-state index in [4.69, 9.17) is 10.5 Å². The molecule has 0 spiro atoms. The number of ether oxygens (including phenoxy) is 1. The second-order valence-electron chi connectivity index (χ2n) is 3.49. The van der Waals surface area contributed by atoms with E-state index in [2.05, 4.69) is 0 Å². The summed E-state index contributed by atoms with van der Waals surface area (Å²) in [5.41, 5.74) is 6.30. The molecule has 0 aromatic heterocycles. The fraction of sp³-hybridized carbons (Fsp3) is 0.400. The standard InChI is InChI=1S/C10H11F2NO/c1-14-10-5(6-4-8(6)13)2-3-7(11)9(10)12/h2-3,6,8H,4,13H2,1H3. The number of hydrogen-bond donors (Lipinski definition) is 1. The molecule has 1 aliphatic carbocycles. The zero-order valence-electron chi connectivity index (χ0n) is 7.76. The van der Waals surface area contributed by atoms with Gasteiger partial charge in [0.05, 0.1) is 7.11 Å². The minimum atomic E-state index is -0.927. The van der Waals surface area contributed by atoms with Crippen LogP contribution in [0.4, 0.5) is 8.78 Å². The molecule has 2 N–H and O–H groups in total. The van der Waals surface area contributed by atoms with Crippen molar-refractivity contribution in [2.24, 2.45) is 5.73 Å². The molecule has 0 heterocycles. The van der Waals surface area contributed by atoms with Gasteiger partial charge in [-0.2, -0.15) is 4.39 Å². The van der Waals surface area contributed by atoms with Crippen LogP contribution in [-0.4, -0.2) is 13.2 Å². The van der Waals surface area contributed by atoms with Crippen molar-refractivity contribution in [3.05, 3.63) is 29.3 Å². The maximum absolute atomic E-state index is 13.2. The van der Waals surface area contributed by atoms with Crippen LogP contribution in [0.5, 0.6) is 5.75 Å². The van der Waals surface area contributed by atoms with Crippen LogP contribution < -0.4 is 10.5 Å². The highest BCUT2D eigenvalue weighted by Gasteiger charge is 2.38. The first-order valence-corrected chi connectivity index (χ1v) is 4.42. The molecule has 0 radical (unpaired) electrons. The molecule has 2 atom stereocenters. The van der Waals surface area contributed by atoms with Crippen LogP contribution in [0.25, 0.3) is 0 Å². The van der Waals surface area contributed by atoms with E-state index in [-0.39, 0.29) is 17.7 Å². The Balaban J connectivity index is 2.45. The smallest absolute Gasteiger partial charge is 0.200 e. The molecule has 1 aliphatic rings. The fourth-order valence-electron chi connectivity index (χ4n) is 1.62. The molecule has 2 nitrogen and oxygen atoms in total. The third-order valence-corrected chi connectivity index (χ3v) is 2.52. The second kappa shape index (κ2) is 3.20. The number of hydrogen-bond acceptors (Lipinski definition) is 2. The lowest BCUT2D eigenvalue weighted by Gasteiger charge is -2.08. The van der Waals surface area contributed by atoms with Crippen LogP contribution in [-0.2, 0) is 0 Å². The van der Waals surface area contributed by atoms with Gasteiger partial charge in [0, 0.05) is 17.5 Å². The molecule has 0 bridgehead atoms. The predicted octanol–water partition coefficient (Wildman–Crippen LogP) is 1.79. The van der Waals surface area contributed by atoms with E-state index in [1.165, 1.54) is 13.2 Å². The lowest BCUT2D eigenvalue weighted by atomic mass is 10.1. The summed E-state index contributed by atoms with van der Waals surface area (Å²) >= 11 is 0. The number of rotatable bonds is 2. The fourth-order valence-corrected chi connectivity index (χ4v) is 1.62. The van der Waals surface area contributed by atoms with Crippen molar-refractivity contribution in [3.8, 4) is 5.75 Å². The van der Waals surface area contributed by atoms with E-state index in [1.807, 2.05) is 0 Å². The second-order valence-corrected chi connectivity index (χ2v) is 3.49. The van der Waals surface area contributed by atoms with Gasteiger partial charge in [0.2, 0.25) is 5.82 Å². The minimum absolute atomic E-state index is 0.0112. The summed E-state index contributed by atoms with van der Waals surface area (Å²) in [7, 11) is 1.33. The molecule has 1 saturated carbocycles. The molecule has 2 rings (SSSR count). The van der Waals surface area contributed by atoms with Crippen LogP contribution in [0, 0.1) is 11.6 Å². The maximum atomic E-state index is 13.2. The summed E-state index contributed by atoms with van der Waals surface area (Å²) in [6.45, 7) is 0. The first kappa shape index (κ1) is 9.40. The summed E-state index contributed by atoms with van der Waals surface area (Å²) < 4.78 is 30.9. The van der Waals surface area contributed by atoms with Crippen LogP contribution in [0.1, 0.15) is 17.9 Å². The SMILES string of the molecule is COc1c(C2CC2N)ccc(F)c1F. The minimum Gasteiger partial charge on any atom is -0.493 e. The van der Waals surface area contributed by atoms with Crippen LogP contribution in [0.3, 0.4) is 0 Å². The Morgan fingerprint density at radius 3 is 2.57 bits per heavy atom. The van der Waals surface area contributed by atoms with E-state index < -0.39 is 11.6 Å². The summed E-state index contributed by atoms with van der Waals surface area (Å²) in [5.74, 6) is -1.72. The largest absolute Gasteiger partial charge is 0.493 e. The van der Waals surface area contributed by atoms with Gasteiger partial charge < -0.3 is 10.5 Å². The summed E-state index contributed by atoms with van der Waals surface area (Å²) in [4.78, 5) is 0. The number of methoxy groups -OCH3 is 1. The molecular formula is C10H11F2NO. The highest BCUT2D eigenvalue weighted by molar-refractivity contribution is 5.42. The van der Waals surface area contributed by atoms with Crippen molar-refractivity contribution in [1.82, 2.24) is 0 Å². The third-order valence-electron chi connectivity index (χ3n) is 2.52. The van der Waals surface area contributed by atoms with Crippen LogP contribution >= 0.6 is 0 Å². The molecule has 1 aromatic carbocycles. The van der Waals surface area contributed by atoms with E-state index in [0.29, 0.717) is 5.56 Å². The molecule has 1 fully saturated rings. The summed E-state index contributed by atoms with van der Waals surface area (Å²) in [6, 6.07) is 2.70. The summed E-state index contributed by atoms with van der Waals surface area (Å²) in [5, 5.41) is 0. The Bertz CT molecular complexity index is 367. The monoisotopic (exact) mass is 199 g/mol. The van der Waals surface area contributed by atoms with E-state index in [1.54, 1.807) is 0 Å². The van der Waals surface area contributed by atoms with Gasteiger partial charge in [0.15, 0.2) is 11.6 Å². The predicted molar refractivity (Wildman–Crippen MR) is 48.2 cm³/mol. The van der Waals surface area contributed by atoms with Crippen molar-refractivity contribution in [1.29, 1.82) is 0 Å². The number of halogens is 2. The van der Waals surface area contributed by atoms with Gasteiger partial charge >= 0.3 is 0 Å². The average molecular weight is 199 g/mol. The van der Waals surface area contributed by atoms with Gasteiger partial charge in [-0.15, -0.1) is 0 Å². The average Bonchev–Trinajstić information content (AvgIpc) is 2.87. The van der Waals surface area contributed by atoms with Gasteiger partial charge in [-0.1, -0.05) is 6.07 Å². The third kappa shape index (κ3) is 1.35. The zero-order valence-corrected chi connectivity index (χ0v) is 7.76. The highest BCUT2D eigenvalue weighted by atomic mass is 19.2. The maximum Gasteiger partial charge on any atom is 0.200 e. The molecular weight excluding hydrogens is 188 g/mol. The van der Waals surface area contributed by atoms with Crippen molar-refractivity contribution in [3.63, 3.8) is 0 Å². The van der Waals surface area contributed by atoms with Crippen LogP contribution in [0.15, 0.2) is 12.1 Å². The van der Waals surface area contributed by atoms with E-state index >= 15 is 0 Å². The molecule has 76 valence electrons. The Morgan fingerprint density at radius 1 is 1.43 bits per heavy atom. The quantitative estimate of drug-likeness (QED) is 0.788. The summed E-state index contributed by atoms with van der Waals surface area (Å²) in [6.07, 6.45) is 0.807. The molecule has 0 aliphatic heterocycles. The molecule has 4 heteroatoms. The van der Waals surface area contributed by atoms with Crippen LogP contribution in [0.2, 0.25) is 0 Å². The molecule has 14 heavy (non-hydrogen) atoms. The molecule has 0 amide bonds.